The van der Waals surface area contributed by atoms with E-state index in [1.807, 2.05) is 68.4 Å². The van der Waals surface area contributed by atoms with Crippen molar-refractivity contribution in [3.8, 4) is 11.5 Å². The molecule has 1 amide bonds. The van der Waals surface area contributed by atoms with Gasteiger partial charge < -0.3 is 9.73 Å². The summed E-state index contributed by atoms with van der Waals surface area (Å²) in [7, 11) is 0. The maximum Gasteiger partial charge on any atom is 0.227 e. The van der Waals surface area contributed by atoms with E-state index in [1.165, 1.54) is 0 Å². The molecule has 0 unspecified atom stereocenters. The fourth-order valence-electron chi connectivity index (χ4n) is 2.87. The fraction of sp³-hybridized carbons (Fsp3) is 0.143. The van der Waals surface area contributed by atoms with E-state index in [-0.39, 0.29) is 11.8 Å². The third-order valence-electron chi connectivity index (χ3n) is 4.28. The summed E-state index contributed by atoms with van der Waals surface area (Å²) in [6, 6.07) is 17.1. The molecular formula is C21H17ClN2O2. The molecule has 130 valence electrons. The first-order chi connectivity index (χ1) is 12.5. The van der Waals surface area contributed by atoms with Crippen LogP contribution in [0.25, 0.3) is 33.3 Å². The molecule has 0 atom stereocenters. The Labute approximate surface area is 155 Å². The van der Waals surface area contributed by atoms with Crippen LogP contribution in [0.2, 0.25) is 5.02 Å². The number of rotatable bonds is 3. The predicted octanol–water partition coefficient (Wildman–Crippen LogP) is 5.90. The molecule has 1 heterocycles. The lowest BCUT2D eigenvalue weighted by molar-refractivity contribution is -0.118. The zero-order chi connectivity index (χ0) is 18.3. The molecule has 0 aliphatic rings. The summed E-state index contributed by atoms with van der Waals surface area (Å²) in [6.45, 7) is 3.71. The van der Waals surface area contributed by atoms with Crippen LogP contribution in [0, 0.1) is 5.92 Å². The number of nitrogens with zero attached hydrogens (tertiary/aromatic N) is 1. The van der Waals surface area contributed by atoms with Crippen LogP contribution in [-0.2, 0) is 4.79 Å². The highest BCUT2D eigenvalue weighted by Gasteiger charge is 2.14. The van der Waals surface area contributed by atoms with E-state index in [4.69, 9.17) is 16.0 Å². The van der Waals surface area contributed by atoms with Gasteiger partial charge in [-0.05, 0) is 35.7 Å². The molecule has 0 aliphatic heterocycles. The Morgan fingerprint density at radius 2 is 1.85 bits per heavy atom. The average Bonchev–Trinajstić information content (AvgIpc) is 3.04. The second-order valence-corrected chi connectivity index (χ2v) is 6.89. The molecule has 4 aromatic rings. The quantitative estimate of drug-likeness (QED) is 0.492. The number of hydrogen-bond donors (Lipinski definition) is 1. The first kappa shape index (κ1) is 16.6. The van der Waals surface area contributed by atoms with Crippen LogP contribution in [-0.4, -0.2) is 10.9 Å². The molecule has 4 rings (SSSR count). The van der Waals surface area contributed by atoms with Gasteiger partial charge in [0.1, 0.15) is 5.52 Å². The number of halogens is 1. The second-order valence-electron chi connectivity index (χ2n) is 6.49. The number of anilines is 1. The van der Waals surface area contributed by atoms with Crippen LogP contribution >= 0.6 is 11.6 Å². The summed E-state index contributed by atoms with van der Waals surface area (Å²) in [4.78, 5) is 16.5. The van der Waals surface area contributed by atoms with Gasteiger partial charge in [-0.2, -0.15) is 0 Å². The molecule has 1 N–H and O–H groups in total. The number of nitrogens with one attached hydrogen (secondary N) is 1. The number of fused-ring (bicyclic) bond motifs is 2. The van der Waals surface area contributed by atoms with E-state index < -0.39 is 0 Å². The third-order valence-corrected chi connectivity index (χ3v) is 4.61. The van der Waals surface area contributed by atoms with Crippen molar-refractivity contribution in [3.63, 3.8) is 0 Å². The van der Waals surface area contributed by atoms with Crippen LogP contribution in [0.1, 0.15) is 13.8 Å². The molecule has 0 radical (unpaired) electrons. The smallest absolute Gasteiger partial charge is 0.227 e. The van der Waals surface area contributed by atoms with Gasteiger partial charge in [-0.3, -0.25) is 4.79 Å². The Hall–Kier alpha value is -2.85. The number of carbonyl (C=O) groups is 1. The van der Waals surface area contributed by atoms with Crippen LogP contribution in [0.4, 0.5) is 5.69 Å². The van der Waals surface area contributed by atoms with E-state index in [0.29, 0.717) is 27.7 Å². The van der Waals surface area contributed by atoms with Crippen molar-refractivity contribution in [2.45, 2.75) is 13.8 Å². The molecule has 0 bridgehead atoms. The summed E-state index contributed by atoms with van der Waals surface area (Å²) in [5, 5.41) is 5.52. The van der Waals surface area contributed by atoms with E-state index in [9.17, 15) is 4.79 Å². The first-order valence-electron chi connectivity index (χ1n) is 8.42. The van der Waals surface area contributed by atoms with Crippen molar-refractivity contribution in [3.05, 3.63) is 59.6 Å². The molecule has 1 aromatic heterocycles. The molecular weight excluding hydrogens is 348 g/mol. The van der Waals surface area contributed by atoms with E-state index in [2.05, 4.69) is 10.3 Å². The number of carbonyl (C=O) groups excluding carboxylic acids is 1. The number of hydrogen-bond acceptors (Lipinski definition) is 3. The lowest BCUT2D eigenvalue weighted by Crippen LogP contribution is -2.17. The molecule has 0 aliphatic carbocycles. The van der Waals surface area contributed by atoms with Crippen LogP contribution in [0.15, 0.2) is 59.0 Å². The van der Waals surface area contributed by atoms with Crippen molar-refractivity contribution in [2.24, 2.45) is 5.92 Å². The molecule has 4 nitrogen and oxygen atoms in total. The van der Waals surface area contributed by atoms with Gasteiger partial charge in [0.15, 0.2) is 5.58 Å². The first-order valence-corrected chi connectivity index (χ1v) is 8.80. The Bertz CT molecular complexity index is 1130. The van der Waals surface area contributed by atoms with Crippen LogP contribution in [0.3, 0.4) is 0 Å². The SMILES string of the molecule is CC(C)C(=O)Nc1ccc2oc(-c3cccc4c(Cl)cccc34)nc2c1. The van der Waals surface area contributed by atoms with Gasteiger partial charge in [-0.15, -0.1) is 0 Å². The van der Waals surface area contributed by atoms with Gasteiger partial charge >= 0.3 is 0 Å². The normalized spacial score (nSPS) is 11.4. The zero-order valence-corrected chi connectivity index (χ0v) is 15.2. The van der Waals surface area contributed by atoms with Crippen molar-refractivity contribution in [1.82, 2.24) is 4.98 Å². The lowest BCUT2D eigenvalue weighted by atomic mass is 10.0. The van der Waals surface area contributed by atoms with Crippen molar-refractivity contribution in [1.29, 1.82) is 0 Å². The lowest BCUT2D eigenvalue weighted by Gasteiger charge is -2.06. The van der Waals surface area contributed by atoms with E-state index >= 15 is 0 Å². The summed E-state index contributed by atoms with van der Waals surface area (Å²) in [5.41, 5.74) is 2.95. The van der Waals surface area contributed by atoms with E-state index in [1.54, 1.807) is 0 Å². The summed E-state index contributed by atoms with van der Waals surface area (Å²) in [6.07, 6.45) is 0. The number of amides is 1. The largest absolute Gasteiger partial charge is 0.436 e. The van der Waals surface area contributed by atoms with Gasteiger partial charge in [0, 0.05) is 27.6 Å². The highest BCUT2D eigenvalue weighted by Crippen LogP contribution is 2.33. The maximum absolute atomic E-state index is 11.9. The number of oxazole rings is 1. The van der Waals surface area contributed by atoms with Crippen LogP contribution < -0.4 is 5.32 Å². The van der Waals surface area contributed by atoms with E-state index in [0.717, 1.165) is 16.3 Å². The van der Waals surface area contributed by atoms with Gasteiger partial charge in [0.25, 0.3) is 0 Å². The third kappa shape index (κ3) is 2.93. The van der Waals surface area contributed by atoms with Gasteiger partial charge in [0.05, 0.1) is 0 Å². The van der Waals surface area contributed by atoms with Crippen LogP contribution in [0.5, 0.6) is 0 Å². The number of benzene rings is 3. The highest BCUT2D eigenvalue weighted by atomic mass is 35.5. The fourth-order valence-corrected chi connectivity index (χ4v) is 3.10. The van der Waals surface area contributed by atoms with Gasteiger partial charge in [-0.1, -0.05) is 49.7 Å². The Morgan fingerprint density at radius 1 is 1.08 bits per heavy atom. The molecule has 0 saturated carbocycles. The average molecular weight is 365 g/mol. The van der Waals surface area contributed by atoms with Gasteiger partial charge in [0.2, 0.25) is 11.8 Å². The molecule has 0 saturated heterocycles. The second kappa shape index (κ2) is 6.46. The summed E-state index contributed by atoms with van der Waals surface area (Å²) >= 11 is 6.30. The molecule has 3 aromatic carbocycles. The van der Waals surface area contributed by atoms with Crippen molar-refractivity contribution >= 4 is 45.1 Å². The molecule has 26 heavy (non-hydrogen) atoms. The van der Waals surface area contributed by atoms with Crippen molar-refractivity contribution < 1.29 is 9.21 Å². The summed E-state index contributed by atoms with van der Waals surface area (Å²) < 4.78 is 5.94. The van der Waals surface area contributed by atoms with Gasteiger partial charge in [-0.25, -0.2) is 4.98 Å². The minimum absolute atomic E-state index is 0.0308. The zero-order valence-electron chi connectivity index (χ0n) is 14.4. The minimum Gasteiger partial charge on any atom is -0.436 e. The topological polar surface area (TPSA) is 55.1 Å². The summed E-state index contributed by atoms with van der Waals surface area (Å²) in [5.74, 6) is 0.413. The molecule has 0 fully saturated rings. The Balaban J connectivity index is 1.79. The Morgan fingerprint density at radius 3 is 2.65 bits per heavy atom. The highest BCUT2D eigenvalue weighted by molar-refractivity contribution is 6.35. The minimum atomic E-state index is -0.0843. The van der Waals surface area contributed by atoms with Crippen molar-refractivity contribution in [2.75, 3.05) is 5.32 Å². The Kier molecular flexibility index (Phi) is 4.13. The maximum atomic E-state index is 11.9. The standard InChI is InChI=1S/C21H17ClN2O2/c1-12(2)20(25)23-13-9-10-19-18(11-13)24-21(26-19)16-7-3-6-15-14(16)5-4-8-17(15)22/h3-12H,1-2H3,(H,23,25). The monoisotopic (exact) mass is 364 g/mol. The predicted molar refractivity (Wildman–Crippen MR) is 105 cm³/mol. The molecule has 5 heteroatoms. The number of aromatic nitrogens is 1. The molecule has 0 spiro atoms.